The van der Waals surface area contributed by atoms with Gasteiger partial charge in [-0.1, -0.05) is 6.08 Å². The van der Waals surface area contributed by atoms with Gasteiger partial charge in [-0.15, -0.1) is 6.58 Å². The number of carbonyl (C=O) groups excluding carboxylic acids is 2. The molecule has 1 aliphatic rings. The molecule has 1 amide bonds. The zero-order chi connectivity index (χ0) is 19.3. The topological polar surface area (TPSA) is 102 Å². The fraction of sp³-hybridized carbons (Fsp3) is 0.412. The average Bonchev–Trinajstić information content (AvgIpc) is 3.43. The fourth-order valence-corrected chi connectivity index (χ4v) is 3.41. The van der Waals surface area contributed by atoms with Crippen molar-refractivity contribution in [3.05, 3.63) is 42.2 Å². The molecule has 1 saturated carbocycles. The number of ether oxygens (including phenoxy) is 1. The number of hydrogen-bond donors (Lipinski definition) is 2. The van der Waals surface area contributed by atoms with Crippen LogP contribution >= 0.6 is 0 Å². The maximum atomic E-state index is 13.8. The number of carbonyl (C=O) groups is 2. The lowest BCUT2D eigenvalue weighted by Crippen LogP contribution is -2.37. The summed E-state index contributed by atoms with van der Waals surface area (Å²) in [5.41, 5.74) is -0.173. The van der Waals surface area contributed by atoms with E-state index in [1.54, 1.807) is 0 Å². The molecular formula is C17H21FN2O5S. The first-order chi connectivity index (χ1) is 12.2. The minimum Gasteiger partial charge on any atom is -0.452 e. The molecule has 1 aromatic rings. The van der Waals surface area contributed by atoms with Gasteiger partial charge in [0, 0.05) is 12.6 Å². The Labute approximate surface area is 151 Å². The summed E-state index contributed by atoms with van der Waals surface area (Å²) in [6, 6.07) is 2.83. The van der Waals surface area contributed by atoms with Crippen LogP contribution in [-0.4, -0.2) is 39.5 Å². The van der Waals surface area contributed by atoms with Crippen molar-refractivity contribution in [3.63, 3.8) is 0 Å². The van der Waals surface area contributed by atoms with Crippen molar-refractivity contribution in [2.45, 2.75) is 30.7 Å². The highest BCUT2D eigenvalue weighted by Gasteiger charge is 2.29. The summed E-state index contributed by atoms with van der Waals surface area (Å²) in [7, 11) is -4.14. The predicted octanol–water partition coefficient (Wildman–Crippen LogP) is 1.36. The van der Waals surface area contributed by atoms with Crippen LogP contribution in [-0.2, 0) is 19.6 Å². The summed E-state index contributed by atoms with van der Waals surface area (Å²) in [4.78, 5) is 23.1. The Bertz CT molecular complexity index is 805. The third-order valence-electron chi connectivity index (χ3n) is 3.93. The second-order valence-corrected chi connectivity index (χ2v) is 7.79. The highest BCUT2D eigenvalue weighted by Crippen LogP contribution is 2.32. The molecule has 142 valence electrons. The molecule has 2 N–H and O–H groups in total. The summed E-state index contributed by atoms with van der Waals surface area (Å²) in [6.07, 6.45) is 3.43. The first-order valence-electron chi connectivity index (χ1n) is 8.11. The second-order valence-electron chi connectivity index (χ2n) is 6.06. The van der Waals surface area contributed by atoms with Crippen LogP contribution in [0.4, 0.5) is 4.39 Å². The molecule has 0 saturated heterocycles. The molecule has 0 spiro atoms. The smallest absolute Gasteiger partial charge is 0.338 e. The number of esters is 1. The second kappa shape index (κ2) is 8.41. The van der Waals surface area contributed by atoms with Crippen molar-refractivity contribution >= 4 is 21.9 Å². The van der Waals surface area contributed by atoms with Crippen LogP contribution in [0, 0.1) is 11.7 Å². The number of benzene rings is 1. The van der Waals surface area contributed by atoms with Gasteiger partial charge in [-0.05, 0) is 43.9 Å². The van der Waals surface area contributed by atoms with E-state index in [9.17, 15) is 22.4 Å². The third kappa shape index (κ3) is 5.37. The largest absolute Gasteiger partial charge is 0.452 e. The summed E-state index contributed by atoms with van der Waals surface area (Å²) in [6.45, 7) is 4.67. The molecule has 0 radical (unpaired) electrons. The Hall–Kier alpha value is -2.26. The monoisotopic (exact) mass is 384 g/mol. The van der Waals surface area contributed by atoms with Gasteiger partial charge in [0.1, 0.15) is 10.7 Å². The van der Waals surface area contributed by atoms with Gasteiger partial charge >= 0.3 is 5.97 Å². The minimum absolute atomic E-state index is 0.0136. The Morgan fingerprint density at radius 1 is 1.42 bits per heavy atom. The molecular weight excluding hydrogens is 363 g/mol. The standard InChI is InChI=1S/C17H21FN2O5S/c1-3-8-19-26(23,24)15-9-13(6-7-14(15)18)17(22)25-10-16(21)20-11(2)12-4-5-12/h3,6-7,9,11-12,19H,1,4-5,8,10H2,2H3,(H,20,21). The molecule has 26 heavy (non-hydrogen) atoms. The van der Waals surface area contributed by atoms with E-state index in [1.165, 1.54) is 6.08 Å². The molecule has 9 heteroatoms. The quantitative estimate of drug-likeness (QED) is 0.494. The van der Waals surface area contributed by atoms with Gasteiger partial charge in [-0.2, -0.15) is 0 Å². The molecule has 0 aromatic heterocycles. The lowest BCUT2D eigenvalue weighted by atomic mass is 10.2. The third-order valence-corrected chi connectivity index (χ3v) is 5.36. The molecule has 1 fully saturated rings. The number of sulfonamides is 1. The van der Waals surface area contributed by atoms with Gasteiger partial charge in [-0.3, -0.25) is 4.79 Å². The van der Waals surface area contributed by atoms with E-state index in [4.69, 9.17) is 4.74 Å². The number of rotatable bonds is 9. The molecule has 0 aliphatic heterocycles. The zero-order valence-corrected chi connectivity index (χ0v) is 15.1. The lowest BCUT2D eigenvalue weighted by molar-refractivity contribution is -0.124. The van der Waals surface area contributed by atoms with Gasteiger partial charge in [0.2, 0.25) is 10.0 Å². The molecule has 2 rings (SSSR count). The van der Waals surface area contributed by atoms with Crippen LogP contribution in [0.2, 0.25) is 0 Å². The molecule has 1 aromatic carbocycles. The first-order valence-corrected chi connectivity index (χ1v) is 9.59. The number of halogens is 1. The fourth-order valence-electron chi connectivity index (χ4n) is 2.31. The van der Waals surface area contributed by atoms with Crippen LogP contribution in [0.15, 0.2) is 35.7 Å². The Morgan fingerprint density at radius 3 is 2.73 bits per heavy atom. The summed E-state index contributed by atoms with van der Waals surface area (Å²) in [5, 5.41) is 2.73. The summed E-state index contributed by atoms with van der Waals surface area (Å²) >= 11 is 0. The van der Waals surface area contributed by atoms with E-state index >= 15 is 0 Å². The van der Waals surface area contributed by atoms with Crippen molar-refractivity contribution in [1.82, 2.24) is 10.0 Å². The van der Waals surface area contributed by atoms with Gasteiger partial charge in [0.25, 0.3) is 5.91 Å². The minimum atomic E-state index is -4.14. The summed E-state index contributed by atoms with van der Waals surface area (Å²) in [5.74, 6) is -1.91. The van der Waals surface area contributed by atoms with E-state index in [-0.39, 0.29) is 18.2 Å². The van der Waals surface area contributed by atoms with Gasteiger partial charge in [0.05, 0.1) is 5.56 Å². The van der Waals surface area contributed by atoms with Crippen molar-refractivity contribution in [2.75, 3.05) is 13.2 Å². The Morgan fingerprint density at radius 2 is 2.12 bits per heavy atom. The summed E-state index contributed by atoms with van der Waals surface area (Å²) < 4.78 is 44.9. The molecule has 7 nitrogen and oxygen atoms in total. The molecule has 1 aliphatic carbocycles. The zero-order valence-electron chi connectivity index (χ0n) is 14.3. The number of hydrogen-bond acceptors (Lipinski definition) is 5. The first kappa shape index (κ1) is 20.1. The van der Waals surface area contributed by atoms with E-state index < -0.39 is 39.2 Å². The highest BCUT2D eigenvalue weighted by molar-refractivity contribution is 7.89. The van der Waals surface area contributed by atoms with Crippen molar-refractivity contribution in [3.8, 4) is 0 Å². The molecule has 0 heterocycles. The van der Waals surface area contributed by atoms with Crippen LogP contribution in [0.5, 0.6) is 0 Å². The molecule has 1 atom stereocenters. The predicted molar refractivity (Wildman–Crippen MR) is 92.4 cm³/mol. The van der Waals surface area contributed by atoms with Crippen LogP contribution in [0.25, 0.3) is 0 Å². The molecule has 0 bridgehead atoms. The number of nitrogens with one attached hydrogen (secondary N) is 2. The van der Waals surface area contributed by atoms with Gasteiger partial charge < -0.3 is 10.1 Å². The Kier molecular flexibility index (Phi) is 6.49. The van der Waals surface area contributed by atoms with E-state index in [2.05, 4.69) is 16.6 Å². The SMILES string of the molecule is C=CCNS(=O)(=O)c1cc(C(=O)OCC(=O)NC(C)C2CC2)ccc1F. The normalized spacial score (nSPS) is 15.2. The number of amides is 1. The van der Waals surface area contributed by atoms with Crippen LogP contribution < -0.4 is 10.0 Å². The van der Waals surface area contributed by atoms with E-state index in [0.717, 1.165) is 31.0 Å². The molecule has 1 unspecified atom stereocenters. The van der Waals surface area contributed by atoms with Gasteiger partial charge in [0.15, 0.2) is 6.61 Å². The van der Waals surface area contributed by atoms with Gasteiger partial charge in [-0.25, -0.2) is 22.3 Å². The van der Waals surface area contributed by atoms with Crippen molar-refractivity contribution < 1.29 is 27.1 Å². The highest BCUT2D eigenvalue weighted by atomic mass is 32.2. The Balaban J connectivity index is 2.01. The van der Waals surface area contributed by atoms with Crippen LogP contribution in [0.3, 0.4) is 0 Å². The van der Waals surface area contributed by atoms with Crippen molar-refractivity contribution in [2.24, 2.45) is 5.92 Å². The van der Waals surface area contributed by atoms with E-state index in [0.29, 0.717) is 5.92 Å². The lowest BCUT2D eigenvalue weighted by Gasteiger charge is -2.13. The maximum Gasteiger partial charge on any atom is 0.338 e. The van der Waals surface area contributed by atoms with Crippen molar-refractivity contribution in [1.29, 1.82) is 0 Å². The van der Waals surface area contributed by atoms with Crippen LogP contribution in [0.1, 0.15) is 30.1 Å². The van der Waals surface area contributed by atoms with E-state index in [1.807, 2.05) is 6.92 Å². The average molecular weight is 384 g/mol. The maximum absolute atomic E-state index is 13.8.